The summed E-state index contributed by atoms with van der Waals surface area (Å²) in [6.07, 6.45) is 0. The van der Waals surface area contributed by atoms with Crippen LogP contribution in [0.2, 0.25) is 0 Å². The van der Waals surface area contributed by atoms with Crippen LogP contribution in [0.15, 0.2) is 212 Å². The average Bonchev–Trinajstić information content (AvgIpc) is 3.49. The van der Waals surface area contributed by atoms with Gasteiger partial charge in [0.2, 0.25) is 0 Å². The van der Waals surface area contributed by atoms with Gasteiger partial charge in [-0.15, -0.1) is 0 Å². The molecule has 0 aliphatic heterocycles. The van der Waals surface area contributed by atoms with E-state index >= 15 is 0 Å². The van der Waals surface area contributed by atoms with E-state index in [2.05, 4.69) is 231 Å². The molecule has 0 saturated heterocycles. The molecule has 0 radical (unpaired) electrons. The van der Waals surface area contributed by atoms with Gasteiger partial charge in [0.1, 0.15) is 0 Å². The SMILES string of the molecule is CC1(C)c2ccccc2-c2cc(-c3cccc(N(c4cccc(-c5ccccc5)c4)c4ccccc4-c4cccc5ccccc45)c3-c3ccccc3)ccc21. The van der Waals surface area contributed by atoms with Gasteiger partial charge in [-0.1, -0.05) is 196 Å². The van der Waals surface area contributed by atoms with E-state index in [0.29, 0.717) is 0 Å². The maximum atomic E-state index is 2.49. The molecule has 56 heavy (non-hydrogen) atoms. The lowest BCUT2D eigenvalue weighted by molar-refractivity contribution is 0.660. The Kier molecular flexibility index (Phi) is 8.23. The molecule has 1 nitrogen and oxygen atoms in total. The topological polar surface area (TPSA) is 3.24 Å². The van der Waals surface area contributed by atoms with Crippen LogP contribution in [0.25, 0.3) is 66.4 Å². The minimum atomic E-state index is -0.0551. The summed E-state index contributed by atoms with van der Waals surface area (Å²) in [6, 6.07) is 77.7. The van der Waals surface area contributed by atoms with Gasteiger partial charge in [-0.25, -0.2) is 0 Å². The van der Waals surface area contributed by atoms with Crippen LogP contribution in [0.3, 0.4) is 0 Å². The van der Waals surface area contributed by atoms with E-state index in [1.807, 2.05) is 0 Å². The van der Waals surface area contributed by atoms with E-state index in [-0.39, 0.29) is 5.41 Å². The first-order valence-electron chi connectivity index (χ1n) is 19.5. The van der Waals surface area contributed by atoms with E-state index < -0.39 is 0 Å². The largest absolute Gasteiger partial charge is 0.309 e. The molecule has 0 spiro atoms. The zero-order chi connectivity index (χ0) is 37.6. The molecule has 0 amide bonds. The van der Waals surface area contributed by atoms with Crippen molar-refractivity contribution in [1.82, 2.24) is 0 Å². The van der Waals surface area contributed by atoms with Gasteiger partial charge in [0.05, 0.1) is 11.4 Å². The Hall–Kier alpha value is -6.96. The first-order chi connectivity index (χ1) is 27.6. The van der Waals surface area contributed by atoms with Gasteiger partial charge in [-0.3, -0.25) is 0 Å². The molecule has 0 atom stereocenters. The number of anilines is 3. The van der Waals surface area contributed by atoms with Crippen LogP contribution in [0, 0.1) is 0 Å². The van der Waals surface area contributed by atoms with E-state index in [1.165, 1.54) is 77.5 Å². The fourth-order valence-corrected chi connectivity index (χ4v) is 8.98. The second kappa shape index (κ2) is 13.7. The van der Waals surface area contributed by atoms with Crippen molar-refractivity contribution in [3.8, 4) is 55.6 Å². The number of fused-ring (bicyclic) bond motifs is 4. The standard InChI is InChI=1S/C55H41N/c1-55(2)50-31-13-11-27-47(50)49-37-42(34-35-51(49)55)45-29-17-33-53(54(45)40-21-7-4-8-22-40)56(43-25-15-24-41(36-43)38-18-5-3-6-19-38)52-32-14-12-28-48(52)46-30-16-23-39-20-9-10-26-44(39)46/h3-37H,1-2H3. The fourth-order valence-electron chi connectivity index (χ4n) is 8.98. The van der Waals surface area contributed by atoms with Crippen LogP contribution in [0.4, 0.5) is 17.1 Å². The van der Waals surface area contributed by atoms with Crippen molar-refractivity contribution in [2.45, 2.75) is 19.3 Å². The molecule has 0 bridgehead atoms. The Labute approximate surface area is 329 Å². The van der Waals surface area contributed by atoms with Gasteiger partial charge in [0.15, 0.2) is 0 Å². The summed E-state index contributed by atoms with van der Waals surface area (Å²) in [5.41, 5.74) is 18.2. The minimum Gasteiger partial charge on any atom is -0.309 e. The predicted molar refractivity (Wildman–Crippen MR) is 238 cm³/mol. The summed E-state index contributed by atoms with van der Waals surface area (Å²) in [6.45, 7) is 4.70. The van der Waals surface area contributed by atoms with Gasteiger partial charge in [0, 0.05) is 22.2 Å². The van der Waals surface area contributed by atoms with E-state index in [4.69, 9.17) is 0 Å². The summed E-state index contributed by atoms with van der Waals surface area (Å²) in [5, 5.41) is 2.46. The molecule has 266 valence electrons. The summed E-state index contributed by atoms with van der Waals surface area (Å²) in [4.78, 5) is 2.49. The Morgan fingerprint density at radius 3 is 1.75 bits per heavy atom. The Balaban J connectivity index is 1.26. The average molecular weight is 716 g/mol. The summed E-state index contributed by atoms with van der Waals surface area (Å²) >= 11 is 0. The fraction of sp³-hybridized carbons (Fsp3) is 0.0545. The van der Waals surface area contributed by atoms with Gasteiger partial charge in [-0.05, 0) is 96.7 Å². The number of hydrogen-bond acceptors (Lipinski definition) is 1. The Morgan fingerprint density at radius 1 is 0.339 bits per heavy atom. The molecule has 0 saturated carbocycles. The Bertz CT molecular complexity index is 2880. The van der Waals surface area contributed by atoms with Crippen LogP contribution in [-0.4, -0.2) is 0 Å². The van der Waals surface area contributed by atoms with Crippen LogP contribution >= 0.6 is 0 Å². The third-order valence-electron chi connectivity index (χ3n) is 11.7. The van der Waals surface area contributed by atoms with Crippen LogP contribution < -0.4 is 4.90 Å². The first kappa shape index (κ1) is 33.6. The highest BCUT2D eigenvalue weighted by atomic mass is 15.1. The van der Waals surface area contributed by atoms with E-state index in [1.54, 1.807) is 0 Å². The molecule has 0 unspecified atom stereocenters. The molecule has 1 heteroatoms. The summed E-state index contributed by atoms with van der Waals surface area (Å²) in [5.74, 6) is 0. The van der Waals surface area contributed by atoms with Gasteiger partial charge < -0.3 is 4.90 Å². The van der Waals surface area contributed by atoms with Crippen molar-refractivity contribution >= 4 is 27.8 Å². The van der Waals surface area contributed by atoms with Crippen molar-refractivity contribution in [2.24, 2.45) is 0 Å². The van der Waals surface area contributed by atoms with Gasteiger partial charge in [-0.2, -0.15) is 0 Å². The Morgan fingerprint density at radius 2 is 0.911 bits per heavy atom. The molecular weight excluding hydrogens is 675 g/mol. The van der Waals surface area contributed by atoms with E-state index in [9.17, 15) is 0 Å². The molecule has 1 aliphatic rings. The number of rotatable bonds is 7. The number of benzene rings is 9. The molecule has 0 fully saturated rings. The molecule has 0 N–H and O–H groups in total. The molecule has 9 aromatic carbocycles. The smallest absolute Gasteiger partial charge is 0.0546 e. The third-order valence-corrected chi connectivity index (χ3v) is 11.7. The van der Waals surface area contributed by atoms with Crippen molar-refractivity contribution < 1.29 is 0 Å². The highest BCUT2D eigenvalue weighted by Crippen LogP contribution is 2.52. The second-order valence-corrected chi connectivity index (χ2v) is 15.3. The zero-order valence-corrected chi connectivity index (χ0v) is 31.7. The number of nitrogens with zero attached hydrogens (tertiary/aromatic N) is 1. The molecule has 0 aromatic heterocycles. The van der Waals surface area contributed by atoms with E-state index in [0.717, 1.165) is 17.1 Å². The van der Waals surface area contributed by atoms with Crippen molar-refractivity contribution in [3.05, 3.63) is 223 Å². The lowest BCUT2D eigenvalue weighted by Gasteiger charge is -2.31. The monoisotopic (exact) mass is 715 g/mol. The number of hydrogen-bond donors (Lipinski definition) is 0. The summed E-state index contributed by atoms with van der Waals surface area (Å²) < 4.78 is 0. The quantitative estimate of drug-likeness (QED) is 0.159. The highest BCUT2D eigenvalue weighted by molar-refractivity contribution is 6.04. The lowest BCUT2D eigenvalue weighted by atomic mass is 9.82. The second-order valence-electron chi connectivity index (χ2n) is 15.3. The van der Waals surface area contributed by atoms with Crippen LogP contribution in [-0.2, 0) is 5.41 Å². The molecule has 1 aliphatic carbocycles. The summed E-state index contributed by atoms with van der Waals surface area (Å²) in [7, 11) is 0. The zero-order valence-electron chi connectivity index (χ0n) is 31.7. The minimum absolute atomic E-state index is 0.0551. The molecular formula is C55H41N. The maximum Gasteiger partial charge on any atom is 0.0546 e. The highest BCUT2D eigenvalue weighted by Gasteiger charge is 2.35. The third kappa shape index (κ3) is 5.63. The van der Waals surface area contributed by atoms with Gasteiger partial charge in [0.25, 0.3) is 0 Å². The maximum absolute atomic E-state index is 2.49. The molecule has 10 rings (SSSR count). The predicted octanol–water partition coefficient (Wildman–Crippen LogP) is 15.3. The molecule has 0 heterocycles. The number of para-hydroxylation sites is 1. The lowest BCUT2D eigenvalue weighted by Crippen LogP contribution is -2.14. The molecule has 9 aromatic rings. The van der Waals surface area contributed by atoms with Crippen LogP contribution in [0.1, 0.15) is 25.0 Å². The van der Waals surface area contributed by atoms with Crippen molar-refractivity contribution in [1.29, 1.82) is 0 Å². The van der Waals surface area contributed by atoms with Crippen molar-refractivity contribution in [3.63, 3.8) is 0 Å². The van der Waals surface area contributed by atoms with Crippen LogP contribution in [0.5, 0.6) is 0 Å². The van der Waals surface area contributed by atoms with Gasteiger partial charge >= 0.3 is 0 Å². The normalized spacial score (nSPS) is 12.6. The van der Waals surface area contributed by atoms with Crippen molar-refractivity contribution in [2.75, 3.05) is 4.90 Å². The first-order valence-corrected chi connectivity index (χ1v) is 19.5.